The van der Waals surface area contributed by atoms with E-state index in [0.717, 1.165) is 45.9 Å². The molecule has 0 spiro atoms. The van der Waals surface area contributed by atoms with Gasteiger partial charge >= 0.3 is 5.69 Å². The summed E-state index contributed by atoms with van der Waals surface area (Å²) in [6, 6.07) is 3.17. The Balaban J connectivity index is 1.20. The number of ketones is 1. The van der Waals surface area contributed by atoms with Crippen LogP contribution in [0.3, 0.4) is 0 Å². The van der Waals surface area contributed by atoms with Crippen molar-refractivity contribution in [2.75, 3.05) is 23.3 Å². The van der Waals surface area contributed by atoms with E-state index >= 15 is 0 Å². The normalized spacial score (nSPS) is 19.0. The first-order chi connectivity index (χ1) is 18.2. The van der Waals surface area contributed by atoms with Crippen molar-refractivity contribution in [2.24, 2.45) is 18.9 Å². The SMILES string of the molecule is CC(=O)Cn1c(=O)c2c(ncn2[C@@H](C)C(=O)Nc2csc(-c3ccc(N4CC5CC5C4)nc3)n2)n(C)c1=O. The minimum absolute atomic E-state index is 0.0661. The van der Waals surface area contributed by atoms with Gasteiger partial charge in [-0.3, -0.25) is 23.5 Å². The number of carbonyl (C=O) groups is 2. The van der Waals surface area contributed by atoms with Crippen LogP contribution < -0.4 is 21.5 Å². The van der Waals surface area contributed by atoms with Crippen molar-refractivity contribution >= 4 is 45.8 Å². The Morgan fingerprint density at radius 3 is 2.63 bits per heavy atom. The van der Waals surface area contributed by atoms with E-state index in [4.69, 9.17) is 0 Å². The Labute approximate surface area is 220 Å². The highest BCUT2D eigenvalue weighted by Gasteiger charge is 2.45. The fraction of sp³-hybridized carbons (Fsp3) is 0.400. The molecular weight excluding hydrogens is 508 g/mol. The highest BCUT2D eigenvalue weighted by atomic mass is 32.1. The third-order valence-corrected chi connectivity index (χ3v) is 8.18. The van der Waals surface area contributed by atoms with Gasteiger partial charge < -0.3 is 14.8 Å². The van der Waals surface area contributed by atoms with Crippen molar-refractivity contribution in [3.63, 3.8) is 0 Å². The Morgan fingerprint density at radius 2 is 1.95 bits per heavy atom. The summed E-state index contributed by atoms with van der Waals surface area (Å²) in [5.41, 5.74) is -0.249. The molecule has 2 unspecified atom stereocenters. The lowest BCUT2D eigenvalue weighted by Gasteiger charge is -2.18. The van der Waals surface area contributed by atoms with Crippen LogP contribution in [0.25, 0.3) is 21.7 Å². The van der Waals surface area contributed by atoms with Crippen LogP contribution in [0.5, 0.6) is 0 Å². The first kappa shape index (κ1) is 24.2. The van der Waals surface area contributed by atoms with Crippen LogP contribution >= 0.6 is 11.3 Å². The number of Topliss-reactive ketones (excluding diaryl/α,β-unsaturated/α-hetero) is 1. The first-order valence-electron chi connectivity index (χ1n) is 12.3. The molecule has 12 nitrogen and oxygen atoms in total. The molecular formula is C25H26N8O4S. The molecule has 1 N–H and O–H groups in total. The van der Waals surface area contributed by atoms with E-state index in [9.17, 15) is 19.2 Å². The monoisotopic (exact) mass is 534 g/mol. The van der Waals surface area contributed by atoms with Gasteiger partial charge in [0, 0.05) is 37.3 Å². The molecule has 1 aliphatic carbocycles. The van der Waals surface area contributed by atoms with Gasteiger partial charge in [0.15, 0.2) is 11.2 Å². The largest absolute Gasteiger partial charge is 0.356 e. The number of aromatic nitrogens is 6. The summed E-state index contributed by atoms with van der Waals surface area (Å²) in [6.45, 7) is 4.72. The molecule has 3 atom stereocenters. The van der Waals surface area contributed by atoms with Crippen LogP contribution in [0.15, 0.2) is 39.6 Å². The zero-order valence-electron chi connectivity index (χ0n) is 21.1. The highest BCUT2D eigenvalue weighted by Crippen LogP contribution is 2.46. The molecule has 6 rings (SSSR count). The van der Waals surface area contributed by atoms with E-state index in [0.29, 0.717) is 5.82 Å². The number of aryl methyl sites for hydroxylation is 1. The maximum Gasteiger partial charge on any atom is 0.332 e. The molecule has 196 valence electrons. The zero-order chi connectivity index (χ0) is 26.7. The van der Waals surface area contributed by atoms with E-state index in [2.05, 4.69) is 25.2 Å². The number of pyridine rings is 1. The van der Waals surface area contributed by atoms with E-state index < -0.39 is 23.2 Å². The summed E-state index contributed by atoms with van der Waals surface area (Å²) in [5, 5.41) is 5.27. The summed E-state index contributed by atoms with van der Waals surface area (Å²) in [7, 11) is 1.47. The van der Waals surface area contributed by atoms with Crippen LogP contribution in [-0.2, 0) is 23.2 Å². The van der Waals surface area contributed by atoms with Crippen LogP contribution in [0.1, 0.15) is 26.3 Å². The molecule has 13 heteroatoms. The molecule has 0 bridgehead atoms. The Bertz CT molecular complexity index is 1690. The van der Waals surface area contributed by atoms with Gasteiger partial charge in [-0.05, 0) is 44.2 Å². The summed E-state index contributed by atoms with van der Waals surface area (Å²) in [6.07, 6.45) is 4.49. The number of nitrogens with zero attached hydrogens (tertiary/aromatic N) is 7. The molecule has 5 heterocycles. The van der Waals surface area contributed by atoms with E-state index in [-0.39, 0.29) is 23.5 Å². The molecule has 0 aromatic carbocycles. The summed E-state index contributed by atoms with van der Waals surface area (Å²) in [5.74, 6) is 2.28. The third-order valence-electron chi connectivity index (χ3n) is 7.29. The van der Waals surface area contributed by atoms with E-state index in [1.165, 1.54) is 47.2 Å². The lowest BCUT2D eigenvalue weighted by Crippen LogP contribution is -2.41. The minimum atomic E-state index is -0.839. The van der Waals surface area contributed by atoms with Crippen molar-refractivity contribution < 1.29 is 9.59 Å². The number of nitrogens with one attached hydrogen (secondary N) is 1. The maximum atomic E-state index is 13.1. The van der Waals surface area contributed by atoms with Gasteiger partial charge in [-0.1, -0.05) is 0 Å². The molecule has 2 fully saturated rings. The molecule has 38 heavy (non-hydrogen) atoms. The fourth-order valence-corrected chi connectivity index (χ4v) is 5.79. The summed E-state index contributed by atoms with van der Waals surface area (Å²) >= 11 is 1.39. The van der Waals surface area contributed by atoms with Crippen LogP contribution in [-0.4, -0.2) is 53.4 Å². The van der Waals surface area contributed by atoms with Crippen molar-refractivity contribution in [1.29, 1.82) is 0 Å². The average Bonchev–Trinajstić information content (AvgIpc) is 3.29. The topological polar surface area (TPSA) is 137 Å². The second-order valence-corrected chi connectivity index (χ2v) is 10.9. The average molecular weight is 535 g/mol. The quantitative estimate of drug-likeness (QED) is 0.378. The molecule has 1 amide bonds. The van der Waals surface area contributed by atoms with Crippen LogP contribution in [0.2, 0.25) is 0 Å². The number of fused-ring (bicyclic) bond motifs is 2. The standard InChI is InChI=1S/C25H26N8O4S/c1-13(34)8-32-24(36)20-21(30(3)25(32)37)27-12-33(20)14(2)22(35)28-18-11-38-23(29-18)15-4-5-19(26-7-15)31-9-16-6-17(16)10-31/h4-5,7,11-12,14,16-17H,6,8-10H2,1-3H3,(H,28,35)/t14-,16?,17?/m0/s1. The highest BCUT2D eigenvalue weighted by molar-refractivity contribution is 7.13. The molecule has 1 saturated carbocycles. The second kappa shape index (κ2) is 9.01. The smallest absolute Gasteiger partial charge is 0.332 e. The van der Waals surface area contributed by atoms with E-state index in [1.807, 2.05) is 12.1 Å². The van der Waals surface area contributed by atoms with Crippen molar-refractivity contribution in [1.82, 2.24) is 28.7 Å². The maximum absolute atomic E-state index is 13.1. The number of piperidine rings is 1. The van der Waals surface area contributed by atoms with Gasteiger partial charge in [-0.2, -0.15) is 0 Å². The molecule has 1 saturated heterocycles. The molecule has 0 radical (unpaired) electrons. The van der Waals surface area contributed by atoms with Gasteiger partial charge in [0.1, 0.15) is 28.5 Å². The van der Waals surface area contributed by atoms with E-state index in [1.54, 1.807) is 18.5 Å². The molecule has 4 aromatic rings. The summed E-state index contributed by atoms with van der Waals surface area (Å²) in [4.78, 5) is 66.0. The van der Waals surface area contributed by atoms with Gasteiger partial charge in [-0.25, -0.2) is 19.7 Å². The van der Waals surface area contributed by atoms with Gasteiger partial charge in [0.2, 0.25) is 5.91 Å². The number of imidazole rings is 1. The van der Waals surface area contributed by atoms with Crippen molar-refractivity contribution in [3.8, 4) is 10.6 Å². The molecule has 1 aliphatic heterocycles. The van der Waals surface area contributed by atoms with Gasteiger partial charge in [0.05, 0.1) is 12.9 Å². The minimum Gasteiger partial charge on any atom is -0.356 e. The Hall–Kier alpha value is -4.13. The fourth-order valence-electron chi connectivity index (χ4n) is 5.05. The number of carbonyl (C=O) groups excluding carboxylic acids is 2. The van der Waals surface area contributed by atoms with Crippen molar-refractivity contribution in [3.05, 3.63) is 50.9 Å². The zero-order valence-corrected chi connectivity index (χ0v) is 21.9. The number of amides is 1. The number of thiazole rings is 1. The predicted octanol–water partition coefficient (Wildman–Crippen LogP) is 1.66. The number of hydrogen-bond acceptors (Lipinski definition) is 9. The number of rotatable bonds is 7. The number of anilines is 2. The third kappa shape index (κ3) is 4.12. The predicted molar refractivity (Wildman–Crippen MR) is 142 cm³/mol. The van der Waals surface area contributed by atoms with Gasteiger partial charge in [0.25, 0.3) is 5.56 Å². The van der Waals surface area contributed by atoms with Gasteiger partial charge in [-0.15, -0.1) is 11.3 Å². The Morgan fingerprint density at radius 1 is 1.18 bits per heavy atom. The molecule has 4 aromatic heterocycles. The molecule has 2 aliphatic rings. The number of hydrogen-bond donors (Lipinski definition) is 1. The Kier molecular flexibility index (Phi) is 5.74. The van der Waals surface area contributed by atoms with Crippen LogP contribution in [0.4, 0.5) is 11.6 Å². The van der Waals surface area contributed by atoms with Crippen LogP contribution in [0, 0.1) is 11.8 Å². The second-order valence-electron chi connectivity index (χ2n) is 10.0. The lowest BCUT2D eigenvalue weighted by atomic mass is 10.3. The summed E-state index contributed by atoms with van der Waals surface area (Å²) < 4.78 is 3.45. The first-order valence-corrected chi connectivity index (χ1v) is 13.2. The van der Waals surface area contributed by atoms with Crippen molar-refractivity contribution in [2.45, 2.75) is 32.9 Å². The lowest BCUT2D eigenvalue weighted by molar-refractivity contribution is -0.119.